The molecule has 0 aliphatic rings. The topological polar surface area (TPSA) is 92.8 Å². The van der Waals surface area contributed by atoms with E-state index in [2.05, 4.69) is 5.32 Å². The van der Waals surface area contributed by atoms with E-state index in [1.165, 1.54) is 36.4 Å². The second-order valence-corrected chi connectivity index (χ2v) is 9.05. The molecule has 1 amide bonds. The van der Waals surface area contributed by atoms with E-state index < -0.39 is 40.2 Å². The molecule has 0 bridgehead atoms. The van der Waals surface area contributed by atoms with E-state index in [0.717, 1.165) is 18.2 Å². The predicted octanol–water partition coefficient (Wildman–Crippen LogP) is 4.72. The largest absolute Gasteiger partial charge is 0.462 e. The van der Waals surface area contributed by atoms with E-state index in [1.54, 1.807) is 25.1 Å². The van der Waals surface area contributed by atoms with E-state index in [1.807, 2.05) is 0 Å². The lowest BCUT2D eigenvalue weighted by atomic mass is 10.1. The number of rotatable bonds is 8. The van der Waals surface area contributed by atoms with Crippen molar-refractivity contribution in [1.29, 1.82) is 0 Å². The molecule has 0 saturated carbocycles. The number of anilines is 2. The minimum atomic E-state index is -4.72. The molecule has 3 aromatic carbocycles. The third-order valence-electron chi connectivity index (χ3n) is 4.78. The molecule has 0 radical (unpaired) electrons. The predicted molar refractivity (Wildman–Crippen MR) is 123 cm³/mol. The highest BCUT2D eigenvalue weighted by atomic mass is 32.2. The maximum atomic E-state index is 13.3. The summed E-state index contributed by atoms with van der Waals surface area (Å²) in [6.45, 7) is 0.857. The second kappa shape index (κ2) is 10.6. The number of carbonyl (C=O) groups is 2. The quantitative estimate of drug-likeness (QED) is 0.447. The van der Waals surface area contributed by atoms with E-state index in [0.29, 0.717) is 10.4 Å². The Morgan fingerprint density at radius 1 is 0.943 bits per heavy atom. The summed E-state index contributed by atoms with van der Waals surface area (Å²) in [5.41, 5.74) is -1.31. The van der Waals surface area contributed by atoms with Crippen molar-refractivity contribution in [3.8, 4) is 0 Å². The molecular weight excluding hydrogens is 485 g/mol. The number of hydrogen-bond donors (Lipinski definition) is 1. The lowest BCUT2D eigenvalue weighted by molar-refractivity contribution is -0.137. The van der Waals surface area contributed by atoms with Gasteiger partial charge >= 0.3 is 12.1 Å². The maximum absolute atomic E-state index is 13.3. The number of halogens is 3. The molecule has 3 aromatic rings. The number of alkyl halides is 3. The van der Waals surface area contributed by atoms with E-state index in [4.69, 9.17) is 4.74 Å². The summed E-state index contributed by atoms with van der Waals surface area (Å²) in [4.78, 5) is 24.9. The van der Waals surface area contributed by atoms with Crippen LogP contribution in [0, 0.1) is 0 Å². The van der Waals surface area contributed by atoms with Crippen molar-refractivity contribution >= 4 is 33.3 Å². The molecule has 0 aromatic heterocycles. The van der Waals surface area contributed by atoms with Crippen LogP contribution in [0.4, 0.5) is 24.5 Å². The first-order chi connectivity index (χ1) is 16.5. The molecule has 184 valence electrons. The van der Waals surface area contributed by atoms with Gasteiger partial charge < -0.3 is 10.1 Å². The number of hydrogen-bond acceptors (Lipinski definition) is 5. The molecule has 35 heavy (non-hydrogen) atoms. The van der Waals surface area contributed by atoms with Gasteiger partial charge in [-0.2, -0.15) is 13.2 Å². The van der Waals surface area contributed by atoms with Crippen LogP contribution < -0.4 is 9.62 Å². The monoisotopic (exact) mass is 506 g/mol. The standard InChI is InChI=1S/C24H21F3N2O5S/c1-2-34-23(31)20-13-6-7-14-21(20)28-22(30)16-29(35(32,33)19-11-4-3-5-12-19)18-10-8-9-17(15-18)24(25,26)27/h3-15H,2,16H2,1H3,(H,28,30). The van der Waals surface area contributed by atoms with Gasteiger partial charge in [-0.15, -0.1) is 0 Å². The SMILES string of the molecule is CCOC(=O)c1ccccc1NC(=O)CN(c1cccc(C(F)(F)F)c1)S(=O)(=O)c1ccccc1. The zero-order chi connectivity index (χ0) is 25.6. The molecular formula is C24H21F3N2O5S. The number of esters is 1. The lowest BCUT2D eigenvalue weighted by Gasteiger charge is -2.25. The number of amides is 1. The Bertz CT molecular complexity index is 1310. The van der Waals surface area contributed by atoms with Crippen LogP contribution in [0.3, 0.4) is 0 Å². The molecule has 0 aliphatic carbocycles. The molecule has 3 rings (SSSR count). The van der Waals surface area contributed by atoms with Crippen LogP contribution in [-0.2, 0) is 25.7 Å². The van der Waals surface area contributed by atoms with Gasteiger partial charge in [-0.25, -0.2) is 13.2 Å². The van der Waals surface area contributed by atoms with Gasteiger partial charge in [-0.05, 0) is 49.4 Å². The number of nitrogens with one attached hydrogen (secondary N) is 1. The first-order valence-electron chi connectivity index (χ1n) is 10.3. The normalized spacial score (nSPS) is 11.5. The Balaban J connectivity index is 1.99. The zero-order valence-corrected chi connectivity index (χ0v) is 19.3. The molecule has 0 spiro atoms. The van der Waals surface area contributed by atoms with Crippen molar-refractivity contribution in [3.63, 3.8) is 0 Å². The lowest BCUT2D eigenvalue weighted by Crippen LogP contribution is -2.38. The van der Waals surface area contributed by atoms with Gasteiger partial charge in [0.2, 0.25) is 5.91 Å². The van der Waals surface area contributed by atoms with Gasteiger partial charge in [0, 0.05) is 0 Å². The molecule has 7 nitrogen and oxygen atoms in total. The fourth-order valence-electron chi connectivity index (χ4n) is 3.17. The van der Waals surface area contributed by atoms with Gasteiger partial charge in [0.1, 0.15) is 6.54 Å². The van der Waals surface area contributed by atoms with Crippen molar-refractivity contribution in [2.45, 2.75) is 18.0 Å². The molecule has 0 aliphatic heterocycles. The smallest absolute Gasteiger partial charge is 0.416 e. The maximum Gasteiger partial charge on any atom is 0.416 e. The Kier molecular flexibility index (Phi) is 7.80. The van der Waals surface area contributed by atoms with E-state index in [-0.39, 0.29) is 28.4 Å². The fourth-order valence-corrected chi connectivity index (χ4v) is 4.61. The van der Waals surface area contributed by atoms with Crippen LogP contribution in [0.1, 0.15) is 22.8 Å². The summed E-state index contributed by atoms with van der Waals surface area (Å²) >= 11 is 0. The molecule has 0 saturated heterocycles. The average Bonchev–Trinajstić information content (AvgIpc) is 2.83. The Morgan fingerprint density at radius 3 is 2.26 bits per heavy atom. The summed E-state index contributed by atoms with van der Waals surface area (Å²) in [6.07, 6.45) is -4.72. The van der Waals surface area contributed by atoms with Gasteiger partial charge in [0.15, 0.2) is 0 Å². The minimum Gasteiger partial charge on any atom is -0.462 e. The number of para-hydroxylation sites is 1. The second-order valence-electron chi connectivity index (χ2n) is 7.19. The highest BCUT2D eigenvalue weighted by Gasteiger charge is 2.33. The third kappa shape index (κ3) is 6.18. The minimum absolute atomic E-state index is 0.0410. The highest BCUT2D eigenvalue weighted by molar-refractivity contribution is 7.92. The molecule has 0 fully saturated rings. The highest BCUT2D eigenvalue weighted by Crippen LogP contribution is 2.33. The van der Waals surface area contributed by atoms with Crippen molar-refractivity contribution in [1.82, 2.24) is 0 Å². The van der Waals surface area contributed by atoms with Crippen LogP contribution in [0.5, 0.6) is 0 Å². The summed E-state index contributed by atoms with van der Waals surface area (Å²) in [5.74, 6) is -1.58. The number of nitrogens with zero attached hydrogens (tertiary/aromatic N) is 1. The number of sulfonamides is 1. The third-order valence-corrected chi connectivity index (χ3v) is 6.56. The van der Waals surface area contributed by atoms with Gasteiger partial charge in [-0.3, -0.25) is 9.10 Å². The number of benzene rings is 3. The Hall–Kier alpha value is -3.86. The van der Waals surface area contributed by atoms with Crippen LogP contribution >= 0.6 is 0 Å². The molecule has 0 unspecified atom stereocenters. The van der Waals surface area contributed by atoms with Crippen molar-refractivity contribution in [3.05, 3.63) is 90.0 Å². The molecule has 0 heterocycles. The van der Waals surface area contributed by atoms with Crippen LogP contribution in [-0.4, -0.2) is 33.4 Å². The summed E-state index contributed by atoms with van der Waals surface area (Å²) in [5, 5.41) is 2.45. The first kappa shape index (κ1) is 25.8. The molecule has 1 N–H and O–H groups in total. The van der Waals surface area contributed by atoms with Gasteiger partial charge in [-0.1, -0.05) is 36.4 Å². The van der Waals surface area contributed by atoms with Gasteiger partial charge in [0.25, 0.3) is 10.0 Å². The summed E-state index contributed by atoms with van der Waals surface area (Å²) in [6, 6.07) is 16.6. The van der Waals surface area contributed by atoms with Crippen molar-refractivity contribution in [2.24, 2.45) is 0 Å². The molecule has 11 heteroatoms. The van der Waals surface area contributed by atoms with Crippen LogP contribution in [0.2, 0.25) is 0 Å². The first-order valence-corrected chi connectivity index (χ1v) is 11.8. The van der Waals surface area contributed by atoms with E-state index >= 15 is 0 Å². The molecule has 0 atom stereocenters. The number of carbonyl (C=O) groups excluding carboxylic acids is 2. The average molecular weight is 507 g/mol. The van der Waals surface area contributed by atoms with Crippen LogP contribution in [0.25, 0.3) is 0 Å². The van der Waals surface area contributed by atoms with E-state index in [9.17, 15) is 31.2 Å². The zero-order valence-electron chi connectivity index (χ0n) is 18.5. The van der Waals surface area contributed by atoms with Crippen molar-refractivity contribution in [2.75, 3.05) is 22.8 Å². The number of ether oxygens (including phenoxy) is 1. The van der Waals surface area contributed by atoms with Crippen LogP contribution in [0.15, 0.2) is 83.8 Å². The van der Waals surface area contributed by atoms with Gasteiger partial charge in [0.05, 0.1) is 34.0 Å². The summed E-state index contributed by atoms with van der Waals surface area (Å²) in [7, 11) is -4.43. The van der Waals surface area contributed by atoms with Crippen molar-refractivity contribution < 1.29 is 35.9 Å². The Morgan fingerprint density at radius 2 is 1.60 bits per heavy atom. The summed E-state index contributed by atoms with van der Waals surface area (Å²) < 4.78 is 72.1. The fraction of sp³-hybridized carbons (Fsp3) is 0.167. The Labute approximate surface area is 200 Å².